The fourth-order valence-electron chi connectivity index (χ4n) is 1.77. The third kappa shape index (κ3) is 5.83. The maximum Gasteiger partial charge on any atom is 0.421 e. The van der Waals surface area contributed by atoms with Gasteiger partial charge in [0, 0.05) is 14.3 Å². The largest absolute Gasteiger partial charge is 0.748 e. The molecule has 0 heterocycles. The van der Waals surface area contributed by atoms with Crippen LogP contribution in [-0.4, -0.2) is 42.5 Å². The molecule has 0 unspecified atom stereocenters. The lowest BCUT2D eigenvalue weighted by molar-refractivity contribution is -0.296. The molecule has 0 saturated heterocycles. The summed E-state index contributed by atoms with van der Waals surface area (Å²) in [7, 11) is -6.02. The molecule has 1 rings (SSSR count). The molecular formula is C11H4F6I4NO4S-. The van der Waals surface area contributed by atoms with E-state index in [2.05, 4.69) is 0 Å². The smallest absolute Gasteiger partial charge is 0.421 e. The Morgan fingerprint density at radius 1 is 0.963 bits per heavy atom. The molecule has 0 aliphatic carbocycles. The number of benzene rings is 1. The molecule has 0 spiro atoms. The van der Waals surface area contributed by atoms with Gasteiger partial charge in [-0.05, 0) is 96.4 Å². The zero-order valence-electron chi connectivity index (χ0n) is 12.1. The summed E-state index contributed by atoms with van der Waals surface area (Å²) in [4.78, 5) is 12.3. The summed E-state index contributed by atoms with van der Waals surface area (Å²) >= 11 is 6.93. The van der Waals surface area contributed by atoms with E-state index in [4.69, 9.17) is 0 Å². The highest BCUT2D eigenvalue weighted by molar-refractivity contribution is 14.1. The van der Waals surface area contributed by atoms with Crippen molar-refractivity contribution in [3.8, 4) is 0 Å². The van der Waals surface area contributed by atoms with Crippen LogP contribution in [0, 0.1) is 14.3 Å². The Hall–Kier alpha value is 1.10. The van der Waals surface area contributed by atoms with Gasteiger partial charge < -0.3 is 9.87 Å². The van der Waals surface area contributed by atoms with E-state index in [1.54, 1.807) is 67.8 Å². The highest BCUT2D eigenvalue weighted by Crippen LogP contribution is 2.44. The van der Waals surface area contributed by atoms with Crippen molar-refractivity contribution in [1.29, 1.82) is 0 Å². The summed E-state index contributed by atoms with van der Waals surface area (Å²) < 4.78 is 113. The average molecular weight is 868 g/mol. The summed E-state index contributed by atoms with van der Waals surface area (Å²) in [5, 5.41) is 0.716. The van der Waals surface area contributed by atoms with Gasteiger partial charge in [0.05, 0.1) is 21.4 Å². The molecule has 0 bridgehead atoms. The Kier molecular flexibility index (Phi) is 8.41. The summed E-state index contributed by atoms with van der Waals surface area (Å²) in [6.45, 7) is 0. The lowest BCUT2D eigenvalue weighted by Gasteiger charge is -2.38. The molecule has 1 aromatic carbocycles. The molecule has 0 aromatic heterocycles. The standard InChI is InChI=1S/C11H5F6I4NO4S/c12-10(13,14)9(11(15,16)17,2-27(24,25)26)22-8(23)3-1-4(18)6(20)7(21)5(3)19/h1H,2H2,(H,22,23)(H,24,25,26)/p-1. The Morgan fingerprint density at radius 3 is 1.78 bits per heavy atom. The maximum atomic E-state index is 13.3. The van der Waals surface area contributed by atoms with Crippen LogP contribution in [0.3, 0.4) is 0 Å². The molecule has 1 amide bonds. The van der Waals surface area contributed by atoms with Crippen molar-refractivity contribution in [3.05, 3.63) is 25.9 Å². The summed E-state index contributed by atoms with van der Waals surface area (Å²) in [6.07, 6.45) is -12.6. The van der Waals surface area contributed by atoms with Gasteiger partial charge in [-0.1, -0.05) is 0 Å². The fraction of sp³-hybridized carbons (Fsp3) is 0.364. The van der Waals surface area contributed by atoms with Gasteiger partial charge in [-0.25, -0.2) is 8.42 Å². The second kappa shape index (κ2) is 8.69. The topological polar surface area (TPSA) is 86.3 Å². The van der Waals surface area contributed by atoms with Crippen molar-refractivity contribution in [2.45, 2.75) is 17.9 Å². The minimum atomic E-state index is -6.30. The van der Waals surface area contributed by atoms with Gasteiger partial charge in [-0.2, -0.15) is 26.3 Å². The van der Waals surface area contributed by atoms with Crippen LogP contribution < -0.4 is 5.32 Å². The molecule has 16 heteroatoms. The van der Waals surface area contributed by atoms with Gasteiger partial charge in [-0.3, -0.25) is 4.79 Å². The number of halogens is 10. The van der Waals surface area contributed by atoms with Crippen molar-refractivity contribution in [3.63, 3.8) is 0 Å². The molecule has 1 N–H and O–H groups in total. The number of hydrogen-bond donors (Lipinski definition) is 1. The first-order valence-corrected chi connectivity index (χ1v) is 12.0. The first kappa shape index (κ1) is 26.1. The number of amides is 1. The molecule has 0 radical (unpaired) electrons. The zero-order valence-corrected chi connectivity index (χ0v) is 21.6. The molecule has 0 aliphatic rings. The van der Waals surface area contributed by atoms with Crippen molar-refractivity contribution >= 4 is 106 Å². The summed E-state index contributed by atoms with van der Waals surface area (Å²) in [5.74, 6) is -4.74. The SMILES string of the molecule is O=C(NC(CS(=O)(=O)[O-])(C(F)(F)F)C(F)(F)F)c1cc(I)c(I)c(I)c1I. The third-order valence-corrected chi connectivity index (χ3v) is 11.1. The minimum absolute atomic E-state index is 0.0683. The quantitative estimate of drug-likeness (QED) is 0.162. The highest BCUT2D eigenvalue weighted by Gasteiger charge is 2.72. The van der Waals surface area contributed by atoms with Crippen LogP contribution in [0.15, 0.2) is 6.07 Å². The van der Waals surface area contributed by atoms with Crippen LogP contribution in [0.1, 0.15) is 10.4 Å². The number of carbonyl (C=O) groups excluding carboxylic acids is 1. The lowest BCUT2D eigenvalue weighted by Crippen LogP contribution is -2.70. The van der Waals surface area contributed by atoms with E-state index in [0.717, 1.165) is 6.07 Å². The van der Waals surface area contributed by atoms with Crippen molar-refractivity contribution < 1.29 is 44.1 Å². The molecule has 0 saturated carbocycles. The van der Waals surface area contributed by atoms with Crippen LogP contribution in [0.4, 0.5) is 26.3 Å². The zero-order chi connectivity index (χ0) is 21.6. The average Bonchev–Trinajstić information content (AvgIpc) is 2.44. The Bertz CT molecular complexity index is 857. The lowest BCUT2D eigenvalue weighted by atomic mass is 9.99. The minimum Gasteiger partial charge on any atom is -0.748 e. The summed E-state index contributed by atoms with van der Waals surface area (Å²) in [5.41, 5.74) is -5.77. The van der Waals surface area contributed by atoms with E-state index in [-0.39, 0.29) is 3.57 Å². The number of nitrogens with one attached hydrogen (secondary N) is 1. The molecule has 27 heavy (non-hydrogen) atoms. The second-order valence-corrected chi connectivity index (χ2v) is 10.7. The van der Waals surface area contributed by atoms with E-state index in [1.807, 2.05) is 22.6 Å². The number of carbonyl (C=O) groups is 1. The Labute approximate surface area is 203 Å². The third-order valence-electron chi connectivity index (χ3n) is 3.04. The molecular weight excluding hydrogens is 864 g/mol. The number of rotatable bonds is 4. The normalized spacial score (nSPS) is 13.6. The Morgan fingerprint density at radius 2 is 1.41 bits per heavy atom. The predicted molar refractivity (Wildman–Crippen MR) is 114 cm³/mol. The monoisotopic (exact) mass is 868 g/mol. The summed E-state index contributed by atoms with van der Waals surface area (Å²) in [6, 6.07) is 1.06. The van der Waals surface area contributed by atoms with Gasteiger partial charge in [0.2, 0.25) is 5.54 Å². The maximum absolute atomic E-state index is 13.3. The van der Waals surface area contributed by atoms with E-state index >= 15 is 0 Å². The van der Waals surface area contributed by atoms with Gasteiger partial charge in [0.25, 0.3) is 5.91 Å². The molecule has 0 aliphatic heterocycles. The predicted octanol–water partition coefficient (Wildman–Crippen LogP) is 4.24. The fourth-order valence-corrected chi connectivity index (χ4v) is 5.99. The van der Waals surface area contributed by atoms with Crippen LogP contribution in [-0.2, 0) is 10.1 Å². The molecule has 0 atom stereocenters. The van der Waals surface area contributed by atoms with Gasteiger partial charge in [0.1, 0.15) is 0 Å². The first-order valence-electron chi connectivity index (χ1n) is 6.06. The molecule has 0 fully saturated rings. The van der Waals surface area contributed by atoms with Crippen molar-refractivity contribution in [2.75, 3.05) is 5.75 Å². The molecule has 154 valence electrons. The first-order chi connectivity index (χ1) is 11.8. The molecule has 5 nitrogen and oxygen atoms in total. The highest BCUT2D eigenvalue weighted by atomic mass is 127. The number of hydrogen-bond acceptors (Lipinski definition) is 4. The van der Waals surface area contributed by atoms with Crippen LogP contribution in [0.5, 0.6) is 0 Å². The molecule has 1 aromatic rings. The van der Waals surface area contributed by atoms with Gasteiger partial charge in [-0.15, -0.1) is 0 Å². The van der Waals surface area contributed by atoms with Gasteiger partial charge >= 0.3 is 12.4 Å². The Balaban J connectivity index is 3.63. The number of alkyl halides is 6. The van der Waals surface area contributed by atoms with Crippen molar-refractivity contribution in [2.24, 2.45) is 0 Å². The van der Waals surface area contributed by atoms with Gasteiger partial charge in [0.15, 0.2) is 0 Å². The van der Waals surface area contributed by atoms with E-state index in [1.165, 1.54) is 0 Å². The van der Waals surface area contributed by atoms with Crippen LogP contribution >= 0.6 is 90.4 Å². The van der Waals surface area contributed by atoms with E-state index in [0.29, 0.717) is 16.0 Å². The van der Waals surface area contributed by atoms with E-state index < -0.39 is 45.2 Å². The van der Waals surface area contributed by atoms with Crippen LogP contribution in [0.25, 0.3) is 0 Å². The van der Waals surface area contributed by atoms with E-state index in [9.17, 15) is 44.1 Å². The second-order valence-electron chi connectivity index (χ2n) is 4.90. The van der Waals surface area contributed by atoms with Crippen LogP contribution in [0.2, 0.25) is 0 Å². The van der Waals surface area contributed by atoms with Crippen molar-refractivity contribution in [1.82, 2.24) is 5.32 Å².